The maximum absolute atomic E-state index is 10.6. The van der Waals surface area contributed by atoms with Gasteiger partial charge in [-0.3, -0.25) is 4.79 Å². The molecule has 15 heavy (non-hydrogen) atoms. The van der Waals surface area contributed by atoms with Crippen molar-refractivity contribution in [1.29, 1.82) is 0 Å². The second-order valence-electron chi connectivity index (χ2n) is 3.71. The molecule has 1 atom stereocenters. The highest BCUT2D eigenvalue weighted by Crippen LogP contribution is 2.31. The molecule has 0 bridgehead atoms. The van der Waals surface area contributed by atoms with Crippen LogP contribution in [0.3, 0.4) is 0 Å². The first kappa shape index (κ1) is 11.6. The van der Waals surface area contributed by atoms with E-state index in [4.69, 9.17) is 5.11 Å². The average molecular weight is 208 g/mol. The van der Waals surface area contributed by atoms with Gasteiger partial charge in [-0.1, -0.05) is 32.0 Å². The fraction of sp³-hybridized carbons (Fsp3) is 0.417. The lowest BCUT2D eigenvalue weighted by Crippen LogP contribution is -2.03. The summed E-state index contributed by atoms with van der Waals surface area (Å²) in [6.07, 6.45) is 0.792. The Hall–Kier alpha value is -1.51. The number of rotatable bonds is 4. The number of phenolic OH excluding ortho intramolecular Hbond substituents is 1. The number of carbonyl (C=O) groups is 1. The molecule has 2 N–H and O–H groups in total. The van der Waals surface area contributed by atoms with Gasteiger partial charge in [0.05, 0.1) is 6.42 Å². The monoisotopic (exact) mass is 208 g/mol. The SMILES string of the molecule is CCc1cccc(C(C)CC(=O)O)c1O. The molecule has 1 aromatic carbocycles. The first-order valence-electron chi connectivity index (χ1n) is 5.08. The van der Waals surface area contributed by atoms with Gasteiger partial charge in [0, 0.05) is 0 Å². The fourth-order valence-electron chi connectivity index (χ4n) is 1.67. The van der Waals surface area contributed by atoms with Gasteiger partial charge >= 0.3 is 5.97 Å². The largest absolute Gasteiger partial charge is 0.507 e. The highest BCUT2D eigenvalue weighted by atomic mass is 16.4. The lowest BCUT2D eigenvalue weighted by molar-refractivity contribution is -0.137. The molecule has 0 saturated carbocycles. The molecular weight excluding hydrogens is 192 g/mol. The molecule has 3 heteroatoms. The van der Waals surface area contributed by atoms with Crippen molar-refractivity contribution in [2.24, 2.45) is 0 Å². The number of aliphatic carboxylic acids is 1. The molecule has 3 nitrogen and oxygen atoms in total. The Balaban J connectivity index is 2.98. The van der Waals surface area contributed by atoms with Gasteiger partial charge in [-0.25, -0.2) is 0 Å². The molecule has 0 aliphatic rings. The number of para-hydroxylation sites is 1. The van der Waals surface area contributed by atoms with E-state index in [1.807, 2.05) is 26.0 Å². The van der Waals surface area contributed by atoms with E-state index in [0.29, 0.717) is 0 Å². The van der Waals surface area contributed by atoms with Crippen LogP contribution in [0.25, 0.3) is 0 Å². The van der Waals surface area contributed by atoms with Crippen molar-refractivity contribution in [1.82, 2.24) is 0 Å². The molecule has 0 saturated heterocycles. The van der Waals surface area contributed by atoms with Crippen LogP contribution in [0, 0.1) is 0 Å². The third kappa shape index (κ3) is 2.72. The van der Waals surface area contributed by atoms with Crippen molar-refractivity contribution in [3.63, 3.8) is 0 Å². The molecule has 0 aliphatic carbocycles. The van der Waals surface area contributed by atoms with Gasteiger partial charge < -0.3 is 10.2 Å². The van der Waals surface area contributed by atoms with Crippen molar-refractivity contribution in [2.45, 2.75) is 32.6 Å². The second kappa shape index (κ2) is 4.82. The number of carboxylic acid groups (broad SMARTS) is 1. The van der Waals surface area contributed by atoms with Crippen LogP contribution in [0.5, 0.6) is 5.75 Å². The number of benzene rings is 1. The van der Waals surface area contributed by atoms with Crippen LogP contribution in [-0.4, -0.2) is 16.2 Å². The van der Waals surface area contributed by atoms with Crippen molar-refractivity contribution < 1.29 is 15.0 Å². The Morgan fingerprint density at radius 1 is 1.47 bits per heavy atom. The summed E-state index contributed by atoms with van der Waals surface area (Å²) in [6, 6.07) is 5.49. The molecule has 0 amide bonds. The summed E-state index contributed by atoms with van der Waals surface area (Å²) in [7, 11) is 0. The number of phenols is 1. The summed E-state index contributed by atoms with van der Waals surface area (Å²) in [5.41, 5.74) is 1.58. The molecule has 0 radical (unpaired) electrons. The highest BCUT2D eigenvalue weighted by molar-refractivity contribution is 5.68. The molecule has 0 heterocycles. The van der Waals surface area contributed by atoms with Crippen LogP contribution >= 0.6 is 0 Å². The van der Waals surface area contributed by atoms with E-state index in [9.17, 15) is 9.90 Å². The first-order chi connectivity index (χ1) is 7.06. The third-order valence-corrected chi connectivity index (χ3v) is 2.54. The van der Waals surface area contributed by atoms with E-state index in [2.05, 4.69) is 0 Å². The molecular formula is C12H16O3. The fourth-order valence-corrected chi connectivity index (χ4v) is 1.67. The second-order valence-corrected chi connectivity index (χ2v) is 3.71. The molecule has 0 aromatic heterocycles. The number of carboxylic acids is 1. The van der Waals surface area contributed by atoms with Crippen molar-refractivity contribution >= 4 is 5.97 Å². The first-order valence-corrected chi connectivity index (χ1v) is 5.08. The third-order valence-electron chi connectivity index (χ3n) is 2.54. The zero-order valence-corrected chi connectivity index (χ0v) is 9.03. The van der Waals surface area contributed by atoms with E-state index in [-0.39, 0.29) is 18.1 Å². The van der Waals surface area contributed by atoms with Crippen molar-refractivity contribution in [3.05, 3.63) is 29.3 Å². The van der Waals surface area contributed by atoms with E-state index >= 15 is 0 Å². The lowest BCUT2D eigenvalue weighted by atomic mass is 9.94. The van der Waals surface area contributed by atoms with Gasteiger partial charge in [-0.2, -0.15) is 0 Å². The minimum absolute atomic E-state index is 0.0424. The maximum atomic E-state index is 10.6. The molecule has 0 fully saturated rings. The molecule has 1 aromatic rings. The van der Waals surface area contributed by atoms with Crippen LogP contribution in [0.2, 0.25) is 0 Å². The zero-order valence-electron chi connectivity index (χ0n) is 9.03. The highest BCUT2D eigenvalue weighted by Gasteiger charge is 2.15. The number of aryl methyl sites for hydroxylation is 1. The van der Waals surface area contributed by atoms with Gasteiger partial charge in [0.1, 0.15) is 5.75 Å². The quantitative estimate of drug-likeness (QED) is 0.799. The molecule has 0 aliphatic heterocycles. The lowest BCUT2D eigenvalue weighted by Gasteiger charge is -2.13. The smallest absolute Gasteiger partial charge is 0.303 e. The standard InChI is InChI=1S/C12H16O3/c1-3-9-5-4-6-10(12(9)15)8(2)7-11(13)14/h4-6,8,15H,3,7H2,1-2H3,(H,13,14). The molecule has 1 rings (SSSR count). The zero-order chi connectivity index (χ0) is 11.4. The number of hydrogen-bond acceptors (Lipinski definition) is 2. The predicted octanol–water partition coefficient (Wildman–Crippen LogP) is 2.53. The summed E-state index contributed by atoms with van der Waals surface area (Å²) < 4.78 is 0. The topological polar surface area (TPSA) is 57.5 Å². The number of hydrogen-bond donors (Lipinski definition) is 2. The predicted molar refractivity (Wildman–Crippen MR) is 58.2 cm³/mol. The van der Waals surface area contributed by atoms with Gasteiger partial charge in [-0.15, -0.1) is 0 Å². The van der Waals surface area contributed by atoms with E-state index < -0.39 is 5.97 Å². The van der Waals surface area contributed by atoms with Crippen LogP contribution in [0.4, 0.5) is 0 Å². The Bertz CT molecular complexity index is 358. The van der Waals surface area contributed by atoms with Crippen LogP contribution in [-0.2, 0) is 11.2 Å². The van der Waals surface area contributed by atoms with Gasteiger partial charge in [0.15, 0.2) is 0 Å². The summed E-state index contributed by atoms with van der Waals surface area (Å²) in [5, 5.41) is 18.6. The summed E-state index contributed by atoms with van der Waals surface area (Å²) in [6.45, 7) is 3.77. The van der Waals surface area contributed by atoms with Gasteiger partial charge in [0.25, 0.3) is 0 Å². The Morgan fingerprint density at radius 2 is 2.13 bits per heavy atom. The Kier molecular flexibility index (Phi) is 3.72. The summed E-state index contributed by atoms with van der Waals surface area (Å²) in [5.74, 6) is -0.758. The van der Waals surface area contributed by atoms with E-state index in [0.717, 1.165) is 17.5 Å². The van der Waals surface area contributed by atoms with E-state index in [1.165, 1.54) is 0 Å². The van der Waals surface area contributed by atoms with Crippen LogP contribution in [0.1, 0.15) is 37.3 Å². The van der Waals surface area contributed by atoms with Crippen LogP contribution in [0.15, 0.2) is 18.2 Å². The van der Waals surface area contributed by atoms with E-state index in [1.54, 1.807) is 6.07 Å². The molecule has 1 unspecified atom stereocenters. The average Bonchev–Trinajstić information content (AvgIpc) is 2.17. The minimum Gasteiger partial charge on any atom is -0.507 e. The van der Waals surface area contributed by atoms with Gasteiger partial charge in [-0.05, 0) is 23.5 Å². The number of aromatic hydroxyl groups is 1. The summed E-state index contributed by atoms with van der Waals surface area (Å²) >= 11 is 0. The van der Waals surface area contributed by atoms with Crippen molar-refractivity contribution in [2.75, 3.05) is 0 Å². The molecule has 0 spiro atoms. The minimum atomic E-state index is -0.844. The normalized spacial score (nSPS) is 12.4. The Morgan fingerprint density at radius 3 is 2.67 bits per heavy atom. The van der Waals surface area contributed by atoms with Crippen LogP contribution < -0.4 is 0 Å². The summed E-state index contributed by atoms with van der Waals surface area (Å²) in [4.78, 5) is 10.6. The molecule has 82 valence electrons. The Labute approximate surface area is 89.4 Å². The maximum Gasteiger partial charge on any atom is 0.303 e. The van der Waals surface area contributed by atoms with Crippen molar-refractivity contribution in [3.8, 4) is 5.75 Å². The van der Waals surface area contributed by atoms with Gasteiger partial charge in [0.2, 0.25) is 0 Å².